The van der Waals surface area contributed by atoms with Gasteiger partial charge in [-0.25, -0.2) is 8.78 Å². The number of amides is 1. The van der Waals surface area contributed by atoms with Crippen molar-refractivity contribution in [3.8, 4) is 0 Å². The number of hydrogen-bond acceptors (Lipinski definition) is 3. The number of carbonyl (C=O) groups is 1. The molecule has 0 atom stereocenters. The molecule has 6 nitrogen and oxygen atoms in total. The van der Waals surface area contributed by atoms with Crippen molar-refractivity contribution in [3.63, 3.8) is 0 Å². The van der Waals surface area contributed by atoms with Gasteiger partial charge in [-0.1, -0.05) is 0 Å². The number of nitrogens with one attached hydrogen (secondary N) is 3. The topological polar surface area (TPSA) is 78.7 Å². The first-order chi connectivity index (χ1) is 13.0. The molecule has 1 heterocycles. The molecule has 3 N–H and O–H groups in total. The number of rotatable bonds is 8. The first-order valence-corrected chi connectivity index (χ1v) is 8.72. The van der Waals surface area contributed by atoms with Crippen LogP contribution in [0, 0.1) is 18.6 Å². The molecule has 1 aromatic heterocycles. The van der Waals surface area contributed by atoms with Crippen LogP contribution in [0.4, 0.5) is 8.78 Å². The third-order valence-electron chi connectivity index (χ3n) is 3.92. The fourth-order valence-electron chi connectivity index (χ4n) is 2.45. The van der Waals surface area contributed by atoms with Crippen LogP contribution in [0.3, 0.4) is 0 Å². The highest BCUT2D eigenvalue weighted by Crippen LogP contribution is 2.10. The van der Waals surface area contributed by atoms with Gasteiger partial charge < -0.3 is 20.4 Å². The number of nitrogens with zero attached hydrogens (tertiary/aromatic N) is 1. The van der Waals surface area contributed by atoms with Gasteiger partial charge in [-0.05, 0) is 49.6 Å². The lowest BCUT2D eigenvalue weighted by atomic mass is 10.1. The predicted octanol–water partition coefficient (Wildman–Crippen LogP) is 2.39. The highest BCUT2D eigenvalue weighted by molar-refractivity contribution is 5.92. The van der Waals surface area contributed by atoms with E-state index in [0.29, 0.717) is 49.8 Å². The van der Waals surface area contributed by atoms with Crippen molar-refractivity contribution in [1.29, 1.82) is 0 Å². The van der Waals surface area contributed by atoms with E-state index < -0.39 is 11.6 Å². The zero-order valence-corrected chi connectivity index (χ0v) is 15.4. The first-order valence-electron chi connectivity index (χ1n) is 8.72. The normalized spacial score (nSPS) is 11.3. The van der Waals surface area contributed by atoms with Crippen LogP contribution >= 0.6 is 0 Å². The maximum Gasteiger partial charge on any atom is 0.287 e. The van der Waals surface area contributed by atoms with Gasteiger partial charge in [0.2, 0.25) is 0 Å². The molecule has 8 heteroatoms. The van der Waals surface area contributed by atoms with E-state index in [2.05, 4.69) is 20.9 Å². The summed E-state index contributed by atoms with van der Waals surface area (Å²) in [4.78, 5) is 16.0. The number of halogens is 2. The van der Waals surface area contributed by atoms with Crippen molar-refractivity contribution in [2.75, 3.05) is 26.7 Å². The Morgan fingerprint density at radius 3 is 2.56 bits per heavy atom. The lowest BCUT2D eigenvalue weighted by molar-refractivity contribution is 0.0925. The highest BCUT2D eigenvalue weighted by atomic mass is 19.1. The summed E-state index contributed by atoms with van der Waals surface area (Å²) in [5.41, 5.74) is 1.11. The van der Waals surface area contributed by atoms with Crippen LogP contribution in [0.25, 0.3) is 0 Å². The Morgan fingerprint density at radius 1 is 1.11 bits per heavy atom. The minimum atomic E-state index is -0.458. The molecule has 0 spiro atoms. The highest BCUT2D eigenvalue weighted by Gasteiger charge is 2.11. The van der Waals surface area contributed by atoms with E-state index in [1.165, 1.54) is 12.3 Å². The van der Waals surface area contributed by atoms with E-state index >= 15 is 0 Å². The number of aryl methyl sites for hydroxylation is 1. The minimum absolute atomic E-state index is 0.239. The van der Waals surface area contributed by atoms with Gasteiger partial charge in [-0.2, -0.15) is 0 Å². The molecule has 0 radical (unpaired) electrons. The quantitative estimate of drug-likeness (QED) is 0.374. The summed E-state index contributed by atoms with van der Waals surface area (Å²) in [5.74, 6) is -0.244. The molecule has 0 aliphatic heterocycles. The van der Waals surface area contributed by atoms with Gasteiger partial charge in [-0.15, -0.1) is 0 Å². The van der Waals surface area contributed by atoms with Gasteiger partial charge in [0.15, 0.2) is 11.7 Å². The number of aliphatic imine (C=N–C) groups is 1. The first kappa shape index (κ1) is 20.4. The van der Waals surface area contributed by atoms with E-state index in [9.17, 15) is 13.6 Å². The molecule has 2 rings (SSSR count). The summed E-state index contributed by atoms with van der Waals surface area (Å²) in [6.07, 6.45) is 2.50. The molecule has 0 unspecified atom stereocenters. The van der Waals surface area contributed by atoms with Crippen LogP contribution in [0.1, 0.15) is 28.1 Å². The molecular formula is C19H24F2N4O2. The van der Waals surface area contributed by atoms with Gasteiger partial charge in [0.25, 0.3) is 5.91 Å². The Bertz CT molecular complexity index is 790. The lowest BCUT2D eigenvalue weighted by Crippen LogP contribution is -2.39. The number of benzene rings is 1. The van der Waals surface area contributed by atoms with Crippen molar-refractivity contribution in [2.45, 2.75) is 19.8 Å². The van der Waals surface area contributed by atoms with E-state index in [0.717, 1.165) is 17.7 Å². The van der Waals surface area contributed by atoms with Gasteiger partial charge >= 0.3 is 0 Å². The zero-order valence-electron chi connectivity index (χ0n) is 15.4. The minimum Gasteiger partial charge on any atom is -0.459 e. The van der Waals surface area contributed by atoms with E-state index in [1.54, 1.807) is 13.1 Å². The summed E-state index contributed by atoms with van der Waals surface area (Å²) in [5, 5.41) is 8.92. The molecule has 2 aromatic rings. The summed E-state index contributed by atoms with van der Waals surface area (Å²) >= 11 is 0. The van der Waals surface area contributed by atoms with E-state index in [1.807, 2.05) is 6.92 Å². The molecule has 0 fully saturated rings. The molecule has 0 bridgehead atoms. The van der Waals surface area contributed by atoms with Crippen molar-refractivity contribution in [2.24, 2.45) is 4.99 Å². The maximum atomic E-state index is 13.6. The standard InChI is InChI=1S/C19H24F2N4O2/c1-13-7-11-27-17(13)18(26)23-8-3-9-24-19(22-2)25-10-6-14-12-15(20)4-5-16(14)21/h4-5,7,11-12H,3,6,8-10H2,1-2H3,(H,23,26)(H2,22,24,25). The number of guanidine groups is 1. The third kappa shape index (κ3) is 6.40. The second-order valence-electron chi connectivity index (χ2n) is 5.95. The van der Waals surface area contributed by atoms with Gasteiger partial charge in [-0.3, -0.25) is 9.79 Å². The Hall–Kier alpha value is -2.90. The molecule has 0 aliphatic carbocycles. The Kier molecular flexibility index (Phi) is 7.79. The Morgan fingerprint density at radius 2 is 1.85 bits per heavy atom. The average molecular weight is 378 g/mol. The summed E-state index contributed by atoms with van der Waals surface area (Å²) in [6.45, 7) is 3.29. The van der Waals surface area contributed by atoms with Crippen LogP contribution in [0.2, 0.25) is 0 Å². The van der Waals surface area contributed by atoms with E-state index in [-0.39, 0.29) is 5.91 Å². The third-order valence-corrected chi connectivity index (χ3v) is 3.92. The number of carbonyl (C=O) groups excluding carboxylic acids is 1. The molecule has 0 saturated heterocycles. The zero-order chi connectivity index (χ0) is 19.6. The van der Waals surface area contributed by atoms with Crippen LogP contribution in [0.5, 0.6) is 0 Å². The molecule has 0 aliphatic rings. The molecular weight excluding hydrogens is 354 g/mol. The van der Waals surface area contributed by atoms with Crippen LogP contribution in [-0.2, 0) is 6.42 Å². The maximum absolute atomic E-state index is 13.6. The predicted molar refractivity (Wildman–Crippen MR) is 99.8 cm³/mol. The number of furan rings is 1. The summed E-state index contributed by atoms with van der Waals surface area (Å²) < 4.78 is 31.9. The SMILES string of the molecule is CN=C(NCCCNC(=O)c1occc1C)NCCc1cc(F)ccc1F. The Labute approximate surface area is 157 Å². The second-order valence-corrected chi connectivity index (χ2v) is 5.95. The van der Waals surface area contributed by atoms with Crippen LogP contribution in [0.15, 0.2) is 39.9 Å². The van der Waals surface area contributed by atoms with Crippen LogP contribution in [-0.4, -0.2) is 38.5 Å². The molecule has 1 aromatic carbocycles. The Balaban J connectivity index is 1.63. The summed E-state index contributed by atoms with van der Waals surface area (Å²) in [6, 6.07) is 5.15. The van der Waals surface area contributed by atoms with Crippen molar-refractivity contribution in [1.82, 2.24) is 16.0 Å². The molecule has 27 heavy (non-hydrogen) atoms. The van der Waals surface area contributed by atoms with Crippen molar-refractivity contribution >= 4 is 11.9 Å². The van der Waals surface area contributed by atoms with Crippen molar-refractivity contribution < 1.29 is 18.0 Å². The summed E-state index contributed by atoms with van der Waals surface area (Å²) in [7, 11) is 1.62. The monoisotopic (exact) mass is 378 g/mol. The van der Waals surface area contributed by atoms with Crippen molar-refractivity contribution in [3.05, 3.63) is 59.1 Å². The molecule has 146 valence electrons. The van der Waals surface area contributed by atoms with Gasteiger partial charge in [0, 0.05) is 32.2 Å². The van der Waals surface area contributed by atoms with Gasteiger partial charge in [0.1, 0.15) is 11.6 Å². The van der Waals surface area contributed by atoms with Gasteiger partial charge in [0.05, 0.1) is 6.26 Å². The smallest absolute Gasteiger partial charge is 0.287 e. The average Bonchev–Trinajstić information content (AvgIpc) is 3.08. The fraction of sp³-hybridized carbons (Fsp3) is 0.368. The van der Waals surface area contributed by atoms with Crippen LogP contribution < -0.4 is 16.0 Å². The number of hydrogen-bond donors (Lipinski definition) is 3. The second kappa shape index (κ2) is 10.3. The largest absolute Gasteiger partial charge is 0.459 e. The van der Waals surface area contributed by atoms with E-state index in [4.69, 9.17) is 4.42 Å². The molecule has 1 amide bonds. The lowest BCUT2D eigenvalue weighted by Gasteiger charge is -2.12. The molecule has 0 saturated carbocycles. The fourth-order valence-corrected chi connectivity index (χ4v) is 2.45.